The number of hydrogen-bond donors (Lipinski definition) is 1. The average Bonchev–Trinajstić information content (AvgIpc) is 3.70. The maximum Gasteiger partial charge on any atom is 0.289 e. The van der Waals surface area contributed by atoms with Crippen LogP contribution in [0, 0.1) is 0 Å². The highest BCUT2D eigenvalue weighted by molar-refractivity contribution is 7.97. The molecule has 12 nitrogen and oxygen atoms in total. The standard InChI is InChI=1S/C36H41N5O7S/c1-39-29(11-13-38-39)35(43)41-16-18-47-33-26(22-41)19-25-21-32(33)46-17-5-4-14-40(36(44)31-10-8-27(48-31)23-49-3)15-6-12-37-34(42)24-7-9-30(45-2)28(25)20-24/h7-11,13,19-21H,4-6,12,14-18,22-23H2,1-3H3,(H,37,42). The van der Waals surface area contributed by atoms with Crippen molar-refractivity contribution >= 4 is 29.5 Å². The van der Waals surface area contributed by atoms with Gasteiger partial charge in [-0.1, -0.05) is 0 Å². The molecule has 6 rings (SSSR count). The molecule has 4 heterocycles. The molecule has 13 heteroatoms. The van der Waals surface area contributed by atoms with E-state index in [2.05, 4.69) is 10.4 Å². The molecule has 2 aromatic heterocycles. The van der Waals surface area contributed by atoms with Gasteiger partial charge in [0.2, 0.25) is 0 Å². The Morgan fingerprint density at radius 1 is 0.939 bits per heavy atom. The van der Waals surface area contributed by atoms with Gasteiger partial charge in [-0.05, 0) is 79.6 Å². The average molecular weight is 688 g/mol. The molecule has 0 aliphatic carbocycles. The van der Waals surface area contributed by atoms with Crippen molar-refractivity contribution in [3.63, 3.8) is 0 Å². The molecular formula is C36H41N5O7S. The van der Waals surface area contributed by atoms with Crippen molar-refractivity contribution in [1.29, 1.82) is 0 Å². The van der Waals surface area contributed by atoms with Gasteiger partial charge in [0.25, 0.3) is 17.7 Å². The second kappa shape index (κ2) is 15.5. The van der Waals surface area contributed by atoms with E-state index in [9.17, 15) is 14.4 Å². The molecule has 49 heavy (non-hydrogen) atoms. The van der Waals surface area contributed by atoms with Gasteiger partial charge in [-0.25, -0.2) is 0 Å². The van der Waals surface area contributed by atoms with Crippen LogP contribution in [0.1, 0.15) is 62.0 Å². The summed E-state index contributed by atoms with van der Waals surface area (Å²) in [6.07, 6.45) is 5.54. The number of aryl methyl sites for hydroxylation is 1. The van der Waals surface area contributed by atoms with Crippen LogP contribution in [0.3, 0.4) is 0 Å². The van der Waals surface area contributed by atoms with Gasteiger partial charge >= 0.3 is 0 Å². The second-order valence-electron chi connectivity index (χ2n) is 11.9. The van der Waals surface area contributed by atoms with Crippen LogP contribution in [0.5, 0.6) is 17.2 Å². The summed E-state index contributed by atoms with van der Waals surface area (Å²) in [5, 5.41) is 7.17. The van der Waals surface area contributed by atoms with E-state index >= 15 is 0 Å². The number of aromatic nitrogens is 2. The van der Waals surface area contributed by atoms with E-state index in [1.807, 2.05) is 24.5 Å². The first-order valence-electron chi connectivity index (χ1n) is 16.4. The van der Waals surface area contributed by atoms with Crippen LogP contribution >= 0.6 is 11.8 Å². The van der Waals surface area contributed by atoms with Crippen LogP contribution in [0.15, 0.2) is 59.1 Å². The van der Waals surface area contributed by atoms with Crippen LogP contribution < -0.4 is 19.5 Å². The molecule has 0 saturated heterocycles. The monoisotopic (exact) mass is 687 g/mol. The number of nitrogens with one attached hydrogen (secondary N) is 1. The number of furan rings is 1. The molecule has 2 aliphatic heterocycles. The van der Waals surface area contributed by atoms with Gasteiger partial charge in [-0.2, -0.15) is 16.9 Å². The van der Waals surface area contributed by atoms with E-state index < -0.39 is 0 Å². The number of methoxy groups -OCH3 is 1. The largest absolute Gasteiger partial charge is 0.496 e. The summed E-state index contributed by atoms with van der Waals surface area (Å²) in [4.78, 5) is 43.8. The highest BCUT2D eigenvalue weighted by Gasteiger charge is 2.27. The topological polar surface area (TPSA) is 128 Å². The molecule has 0 atom stereocenters. The van der Waals surface area contributed by atoms with Crippen molar-refractivity contribution in [1.82, 2.24) is 24.9 Å². The summed E-state index contributed by atoms with van der Waals surface area (Å²) in [5.41, 5.74) is 3.18. The molecule has 2 aliphatic rings. The highest BCUT2D eigenvalue weighted by Crippen LogP contribution is 2.41. The lowest BCUT2D eigenvalue weighted by molar-refractivity contribution is 0.0709. The SMILES string of the molecule is COc1ccc2cc1-c1cc3c(c(c1)OCCCCN(C(=O)c1ccc(CSC)o1)CCCNC2=O)OCCN(C(=O)c1ccnn1C)C3. The van der Waals surface area contributed by atoms with Gasteiger partial charge in [-0.15, -0.1) is 0 Å². The minimum absolute atomic E-state index is 0.153. The zero-order chi connectivity index (χ0) is 34.3. The number of thioether (sulfide) groups is 1. The summed E-state index contributed by atoms with van der Waals surface area (Å²) in [6.45, 7) is 2.70. The van der Waals surface area contributed by atoms with E-state index in [0.717, 1.165) is 16.9 Å². The van der Waals surface area contributed by atoms with Crippen LogP contribution in [-0.2, 0) is 19.3 Å². The number of fused-ring (bicyclic) bond motifs is 7. The molecule has 1 N–H and O–H groups in total. The fraction of sp³-hybridized carbons (Fsp3) is 0.389. The lowest BCUT2D eigenvalue weighted by Gasteiger charge is -2.22. The Labute approximate surface area is 289 Å². The third-order valence-electron chi connectivity index (χ3n) is 8.62. The Balaban J connectivity index is 1.31. The van der Waals surface area contributed by atoms with Crippen molar-refractivity contribution in [2.45, 2.75) is 31.6 Å². The molecule has 258 valence electrons. The summed E-state index contributed by atoms with van der Waals surface area (Å²) < 4.78 is 25.8. The third kappa shape index (κ3) is 7.72. The number of nitrogens with zero attached hydrogens (tertiary/aromatic N) is 4. The van der Waals surface area contributed by atoms with Gasteiger partial charge < -0.3 is 33.7 Å². The number of carbonyl (C=O) groups excluding carboxylic acids is 3. The maximum absolute atomic E-state index is 13.5. The normalized spacial score (nSPS) is 15.6. The Bertz CT molecular complexity index is 1820. The first kappa shape index (κ1) is 34.0. The zero-order valence-electron chi connectivity index (χ0n) is 28.0. The highest BCUT2D eigenvalue weighted by atomic mass is 32.2. The van der Waals surface area contributed by atoms with Crippen LogP contribution in [0.4, 0.5) is 0 Å². The third-order valence-corrected chi connectivity index (χ3v) is 9.19. The Morgan fingerprint density at radius 2 is 1.80 bits per heavy atom. The molecule has 0 unspecified atom stereocenters. The predicted octanol–water partition coefficient (Wildman–Crippen LogP) is 5.02. The predicted molar refractivity (Wildman–Crippen MR) is 185 cm³/mol. The maximum atomic E-state index is 13.5. The van der Waals surface area contributed by atoms with Crippen LogP contribution in [0.25, 0.3) is 11.1 Å². The summed E-state index contributed by atoms with van der Waals surface area (Å²) in [5.74, 6) is 2.90. The molecule has 0 saturated carbocycles. The Hall–Kier alpha value is -4.91. The number of benzene rings is 2. The van der Waals surface area contributed by atoms with Gasteiger partial charge in [0, 0.05) is 56.1 Å². The summed E-state index contributed by atoms with van der Waals surface area (Å²) >= 11 is 1.63. The Kier molecular flexibility index (Phi) is 10.8. The van der Waals surface area contributed by atoms with E-state index in [1.165, 1.54) is 0 Å². The molecule has 0 spiro atoms. The number of carbonyl (C=O) groups is 3. The van der Waals surface area contributed by atoms with E-state index in [0.29, 0.717) is 97.6 Å². The molecule has 4 aromatic rings. The minimum Gasteiger partial charge on any atom is -0.496 e. The molecule has 2 aromatic carbocycles. The minimum atomic E-state index is -0.235. The van der Waals surface area contributed by atoms with E-state index in [1.54, 1.807) is 76.9 Å². The van der Waals surface area contributed by atoms with Gasteiger partial charge in [0.1, 0.15) is 23.8 Å². The lowest BCUT2D eigenvalue weighted by Crippen LogP contribution is -2.35. The van der Waals surface area contributed by atoms with Gasteiger partial charge in [-0.3, -0.25) is 19.1 Å². The van der Waals surface area contributed by atoms with E-state index in [-0.39, 0.29) is 30.9 Å². The zero-order valence-corrected chi connectivity index (χ0v) is 28.8. The lowest BCUT2D eigenvalue weighted by atomic mass is 9.98. The van der Waals surface area contributed by atoms with Crippen LogP contribution in [-0.4, -0.2) is 90.1 Å². The second-order valence-corrected chi connectivity index (χ2v) is 12.8. The van der Waals surface area contributed by atoms with Crippen molar-refractivity contribution in [2.24, 2.45) is 7.05 Å². The summed E-state index contributed by atoms with van der Waals surface area (Å²) in [6, 6.07) is 14.4. The Morgan fingerprint density at radius 3 is 2.59 bits per heavy atom. The molecule has 0 fully saturated rings. The fourth-order valence-corrected chi connectivity index (χ4v) is 6.52. The molecule has 3 amide bonds. The number of ether oxygens (including phenoxy) is 3. The van der Waals surface area contributed by atoms with Gasteiger partial charge in [0.05, 0.1) is 26.0 Å². The number of rotatable bonds is 5. The quantitative estimate of drug-likeness (QED) is 0.308. The first-order valence-corrected chi connectivity index (χ1v) is 17.8. The summed E-state index contributed by atoms with van der Waals surface area (Å²) in [7, 11) is 3.33. The van der Waals surface area contributed by atoms with Crippen LogP contribution in [0.2, 0.25) is 0 Å². The number of amides is 3. The number of hydrogen-bond acceptors (Lipinski definition) is 9. The van der Waals surface area contributed by atoms with Gasteiger partial charge in [0.15, 0.2) is 17.3 Å². The molecule has 0 radical (unpaired) electrons. The van der Waals surface area contributed by atoms with E-state index in [4.69, 9.17) is 18.6 Å². The smallest absolute Gasteiger partial charge is 0.289 e. The molecular weight excluding hydrogens is 646 g/mol. The van der Waals surface area contributed by atoms with Crippen molar-refractivity contribution in [3.05, 3.63) is 83.1 Å². The van der Waals surface area contributed by atoms with Crippen molar-refractivity contribution in [2.75, 3.05) is 52.8 Å². The first-order chi connectivity index (χ1) is 23.9. The fourth-order valence-electron chi connectivity index (χ4n) is 6.08. The molecule has 4 bridgehead atoms. The van der Waals surface area contributed by atoms with Crippen molar-refractivity contribution in [3.8, 4) is 28.4 Å². The van der Waals surface area contributed by atoms with Crippen molar-refractivity contribution < 1.29 is 33.0 Å².